The second-order valence-corrected chi connectivity index (χ2v) is 7.12. The van der Waals surface area contributed by atoms with Crippen molar-refractivity contribution in [1.82, 2.24) is 25.2 Å². The van der Waals surface area contributed by atoms with Crippen molar-refractivity contribution in [2.45, 2.75) is 6.54 Å². The minimum atomic E-state index is 0. The molecule has 0 amide bonds. The minimum absolute atomic E-state index is 0. The van der Waals surface area contributed by atoms with Gasteiger partial charge in [0.1, 0.15) is 12.1 Å². The maximum Gasteiger partial charge on any atom is 0.169 e. The van der Waals surface area contributed by atoms with E-state index in [4.69, 9.17) is 23.8 Å². The predicted octanol–water partition coefficient (Wildman–Crippen LogP) is 3.72. The highest BCUT2D eigenvalue weighted by molar-refractivity contribution is 7.80. The van der Waals surface area contributed by atoms with Crippen LogP contribution in [-0.2, 0) is 6.54 Å². The summed E-state index contributed by atoms with van der Waals surface area (Å²) in [4.78, 5) is 17.4. The number of pyridine rings is 1. The highest BCUT2D eigenvalue weighted by Gasteiger charge is 2.22. The Morgan fingerprint density at radius 1 is 1.07 bits per heavy atom. The Labute approximate surface area is 192 Å². The summed E-state index contributed by atoms with van der Waals surface area (Å²) in [5.74, 6) is 0.888. The molecule has 3 aromatic rings. The highest BCUT2D eigenvalue weighted by atomic mass is 35.5. The number of aromatic nitrogens is 3. The number of rotatable bonds is 3. The molecule has 1 aliphatic rings. The molecule has 4 rings (SSSR count). The SMILES string of the molecule is Cl.Cl.S=C(NCc1cccnc1)N1CCN(c2ncnc3cccc(Cl)c23)CC1. The van der Waals surface area contributed by atoms with E-state index in [0.717, 1.165) is 53.6 Å². The minimum Gasteiger partial charge on any atom is -0.358 e. The van der Waals surface area contributed by atoms with Gasteiger partial charge >= 0.3 is 0 Å². The molecule has 6 nitrogen and oxygen atoms in total. The van der Waals surface area contributed by atoms with Gasteiger partial charge in [-0.05, 0) is 36.0 Å². The lowest BCUT2D eigenvalue weighted by Gasteiger charge is -2.37. The van der Waals surface area contributed by atoms with Gasteiger partial charge in [-0.2, -0.15) is 0 Å². The summed E-state index contributed by atoms with van der Waals surface area (Å²) < 4.78 is 0. The van der Waals surface area contributed by atoms with Crippen LogP contribution in [0.2, 0.25) is 5.02 Å². The number of hydrogen-bond donors (Lipinski definition) is 1. The number of benzene rings is 1. The largest absolute Gasteiger partial charge is 0.358 e. The number of nitrogens with zero attached hydrogens (tertiary/aromatic N) is 5. The molecule has 1 fully saturated rings. The average molecular weight is 472 g/mol. The van der Waals surface area contributed by atoms with Gasteiger partial charge in [0.15, 0.2) is 5.11 Å². The van der Waals surface area contributed by atoms with Gasteiger partial charge in [-0.15, -0.1) is 24.8 Å². The van der Waals surface area contributed by atoms with Gasteiger partial charge < -0.3 is 15.1 Å². The fourth-order valence-corrected chi connectivity index (χ4v) is 3.71. The molecule has 1 saturated heterocycles. The Hall–Kier alpha value is -1.93. The fourth-order valence-electron chi connectivity index (χ4n) is 3.21. The second kappa shape index (κ2) is 10.7. The number of fused-ring (bicyclic) bond motifs is 1. The molecule has 1 aromatic carbocycles. The standard InChI is InChI=1S/C19H19ClN6S.2ClH/c20-15-4-1-5-16-17(15)18(24-13-23-16)25-7-9-26(10-8-25)19(27)22-12-14-3-2-6-21-11-14;;/h1-6,11,13H,7-10,12H2,(H,22,27);2*1H. The molecule has 0 bridgehead atoms. The van der Waals surface area contributed by atoms with Crippen LogP contribution in [-0.4, -0.2) is 51.1 Å². The molecule has 10 heteroatoms. The Morgan fingerprint density at radius 2 is 1.86 bits per heavy atom. The van der Waals surface area contributed by atoms with Gasteiger partial charge in [0.2, 0.25) is 0 Å². The van der Waals surface area contributed by atoms with E-state index in [2.05, 4.69) is 30.1 Å². The number of hydrogen-bond acceptors (Lipinski definition) is 5. The summed E-state index contributed by atoms with van der Waals surface area (Å²) in [7, 11) is 0. The van der Waals surface area contributed by atoms with E-state index >= 15 is 0 Å². The molecule has 0 spiro atoms. The van der Waals surface area contributed by atoms with E-state index in [1.54, 1.807) is 12.5 Å². The number of halogens is 3. The summed E-state index contributed by atoms with van der Waals surface area (Å²) in [6, 6.07) is 9.71. The molecule has 0 radical (unpaired) electrons. The zero-order valence-corrected chi connectivity index (χ0v) is 18.7. The third-order valence-corrected chi connectivity index (χ3v) is 5.34. The number of thiocarbonyl (C=S) groups is 1. The van der Waals surface area contributed by atoms with Gasteiger partial charge in [0, 0.05) is 45.1 Å². The first kappa shape index (κ1) is 23.3. The highest BCUT2D eigenvalue weighted by Crippen LogP contribution is 2.30. The summed E-state index contributed by atoms with van der Waals surface area (Å²) >= 11 is 12.0. The number of anilines is 1. The van der Waals surface area contributed by atoms with Crippen molar-refractivity contribution in [2.75, 3.05) is 31.1 Å². The summed E-state index contributed by atoms with van der Waals surface area (Å²) in [6.07, 6.45) is 5.21. The molecule has 1 N–H and O–H groups in total. The zero-order chi connectivity index (χ0) is 18.6. The molecule has 1 aliphatic heterocycles. The topological polar surface area (TPSA) is 57.2 Å². The summed E-state index contributed by atoms with van der Waals surface area (Å²) in [6.45, 7) is 3.99. The maximum absolute atomic E-state index is 6.41. The van der Waals surface area contributed by atoms with Crippen molar-refractivity contribution < 1.29 is 0 Å². The van der Waals surface area contributed by atoms with E-state index in [1.165, 1.54) is 0 Å². The Balaban J connectivity index is 0.00000150. The smallest absolute Gasteiger partial charge is 0.169 e. The quantitative estimate of drug-likeness (QED) is 0.584. The zero-order valence-electron chi connectivity index (χ0n) is 15.5. The van der Waals surface area contributed by atoms with Crippen molar-refractivity contribution in [3.05, 3.63) is 59.6 Å². The van der Waals surface area contributed by atoms with Crippen molar-refractivity contribution in [1.29, 1.82) is 0 Å². The molecule has 0 saturated carbocycles. The van der Waals surface area contributed by atoms with Crippen LogP contribution in [0.25, 0.3) is 10.9 Å². The van der Waals surface area contributed by atoms with Crippen molar-refractivity contribution >= 4 is 70.5 Å². The molecule has 154 valence electrons. The lowest BCUT2D eigenvalue weighted by atomic mass is 10.2. The Kier molecular flexibility index (Phi) is 8.64. The Bertz CT molecular complexity index is 946. The summed E-state index contributed by atoms with van der Waals surface area (Å²) in [5.41, 5.74) is 1.98. The van der Waals surface area contributed by atoms with Gasteiger partial charge in [0.05, 0.1) is 15.9 Å². The van der Waals surface area contributed by atoms with Crippen molar-refractivity contribution in [2.24, 2.45) is 0 Å². The first-order chi connectivity index (χ1) is 13.2. The first-order valence-electron chi connectivity index (χ1n) is 8.78. The van der Waals surface area contributed by atoms with E-state index in [9.17, 15) is 0 Å². The fraction of sp³-hybridized carbons (Fsp3) is 0.263. The van der Waals surface area contributed by atoms with Crippen LogP contribution in [0.4, 0.5) is 5.82 Å². The van der Waals surface area contributed by atoms with Gasteiger partial charge in [0.25, 0.3) is 0 Å². The average Bonchev–Trinajstić information content (AvgIpc) is 2.73. The molecule has 2 aromatic heterocycles. The van der Waals surface area contributed by atoms with Crippen LogP contribution >= 0.6 is 48.6 Å². The van der Waals surface area contributed by atoms with Gasteiger partial charge in [-0.1, -0.05) is 23.7 Å². The van der Waals surface area contributed by atoms with Crippen LogP contribution in [0.1, 0.15) is 5.56 Å². The normalized spacial score (nSPS) is 13.4. The predicted molar refractivity (Wildman–Crippen MR) is 127 cm³/mol. The van der Waals surface area contributed by atoms with E-state index < -0.39 is 0 Å². The lowest BCUT2D eigenvalue weighted by molar-refractivity contribution is 0.379. The molecule has 0 aliphatic carbocycles. The molecular formula is C19H21Cl3N6S. The van der Waals surface area contributed by atoms with Gasteiger partial charge in [-0.25, -0.2) is 9.97 Å². The van der Waals surface area contributed by atoms with Crippen LogP contribution in [0.15, 0.2) is 49.1 Å². The second-order valence-electron chi connectivity index (χ2n) is 6.33. The van der Waals surface area contributed by atoms with E-state index in [1.807, 2.05) is 36.5 Å². The molecule has 3 heterocycles. The lowest BCUT2D eigenvalue weighted by Crippen LogP contribution is -2.51. The van der Waals surface area contributed by atoms with Crippen molar-refractivity contribution in [3.8, 4) is 0 Å². The van der Waals surface area contributed by atoms with Crippen LogP contribution in [0, 0.1) is 0 Å². The van der Waals surface area contributed by atoms with Crippen LogP contribution in [0.5, 0.6) is 0 Å². The third-order valence-electron chi connectivity index (χ3n) is 4.63. The van der Waals surface area contributed by atoms with E-state index in [0.29, 0.717) is 11.6 Å². The van der Waals surface area contributed by atoms with E-state index in [-0.39, 0.29) is 24.8 Å². The molecular weight excluding hydrogens is 451 g/mol. The molecule has 0 atom stereocenters. The van der Waals surface area contributed by atoms with Crippen molar-refractivity contribution in [3.63, 3.8) is 0 Å². The first-order valence-corrected chi connectivity index (χ1v) is 9.57. The van der Waals surface area contributed by atoms with Crippen LogP contribution < -0.4 is 10.2 Å². The third kappa shape index (κ3) is 5.36. The maximum atomic E-state index is 6.41. The number of piperazine rings is 1. The molecule has 29 heavy (non-hydrogen) atoms. The van der Waals surface area contributed by atoms with Crippen LogP contribution in [0.3, 0.4) is 0 Å². The monoisotopic (exact) mass is 470 g/mol. The Morgan fingerprint density at radius 3 is 2.59 bits per heavy atom. The number of nitrogens with one attached hydrogen (secondary N) is 1. The summed E-state index contributed by atoms with van der Waals surface area (Å²) in [5, 5.41) is 5.67. The van der Waals surface area contributed by atoms with Gasteiger partial charge in [-0.3, -0.25) is 4.98 Å². The molecule has 0 unspecified atom stereocenters.